The number of amides is 2. The van der Waals surface area contributed by atoms with Gasteiger partial charge in [-0.05, 0) is 47.2 Å². The second-order valence-electron chi connectivity index (χ2n) is 6.58. The minimum atomic E-state index is -0.924. The van der Waals surface area contributed by atoms with E-state index in [1.54, 1.807) is 31.3 Å². The molecule has 0 aliphatic carbocycles. The van der Waals surface area contributed by atoms with E-state index in [2.05, 4.69) is 27.6 Å². The number of nitrogens with zero attached hydrogens (tertiary/aromatic N) is 3. The van der Waals surface area contributed by atoms with Crippen LogP contribution in [0.3, 0.4) is 0 Å². The molecule has 1 aliphatic heterocycles. The molecular formula is C20H20IN3O2. The number of benzene rings is 1. The van der Waals surface area contributed by atoms with Crippen molar-refractivity contribution in [1.82, 2.24) is 14.8 Å². The van der Waals surface area contributed by atoms with E-state index >= 15 is 0 Å². The summed E-state index contributed by atoms with van der Waals surface area (Å²) < 4.78 is 0.784. The number of hydrogen-bond donors (Lipinski definition) is 0. The summed E-state index contributed by atoms with van der Waals surface area (Å²) in [5.41, 5.74) is 1.27. The molecule has 26 heavy (non-hydrogen) atoms. The predicted octanol–water partition coefficient (Wildman–Crippen LogP) is 2.96. The van der Waals surface area contributed by atoms with Crippen molar-refractivity contribution in [2.24, 2.45) is 0 Å². The molecule has 0 N–H and O–H groups in total. The first kappa shape index (κ1) is 18.6. The van der Waals surface area contributed by atoms with E-state index in [1.165, 1.54) is 4.90 Å². The normalized spacial score (nSPS) is 22.2. The molecule has 1 unspecified atom stereocenters. The fourth-order valence-electron chi connectivity index (χ4n) is 3.15. The summed E-state index contributed by atoms with van der Waals surface area (Å²) in [6.45, 7) is 1.82. The Labute approximate surface area is 166 Å². The minimum Gasteiger partial charge on any atom is -0.326 e. The van der Waals surface area contributed by atoms with Crippen molar-refractivity contribution in [3.05, 3.63) is 69.2 Å². The smallest absolute Gasteiger partial charge is 0.271 e. The Hall–Kier alpha value is -2.22. The molecule has 5 nitrogen and oxygen atoms in total. The summed E-state index contributed by atoms with van der Waals surface area (Å²) in [4.78, 5) is 33.5. The van der Waals surface area contributed by atoms with Gasteiger partial charge in [-0.25, -0.2) is 4.98 Å². The second kappa shape index (κ2) is 7.19. The van der Waals surface area contributed by atoms with E-state index in [4.69, 9.17) is 0 Å². The van der Waals surface area contributed by atoms with Crippen LogP contribution in [-0.2, 0) is 16.0 Å². The van der Waals surface area contributed by atoms with Crippen LogP contribution in [0, 0.1) is 3.70 Å². The summed E-state index contributed by atoms with van der Waals surface area (Å²) in [5, 5.41) is 0. The average Bonchev–Trinajstić information content (AvgIpc) is 2.65. The molecule has 0 bridgehead atoms. The second-order valence-corrected chi connectivity index (χ2v) is 7.60. The van der Waals surface area contributed by atoms with Crippen LogP contribution in [0.4, 0.5) is 0 Å². The van der Waals surface area contributed by atoms with Gasteiger partial charge in [0.15, 0.2) is 0 Å². The summed E-state index contributed by atoms with van der Waals surface area (Å²) in [6, 6.07) is 13.4. The third kappa shape index (κ3) is 3.25. The largest absolute Gasteiger partial charge is 0.326 e. The van der Waals surface area contributed by atoms with Crippen LogP contribution in [0.5, 0.6) is 0 Å². The number of halogens is 1. The molecule has 1 fully saturated rings. The Morgan fingerprint density at radius 1 is 1.12 bits per heavy atom. The number of carbonyl (C=O) groups excluding carboxylic acids is 2. The summed E-state index contributed by atoms with van der Waals surface area (Å²) in [6.07, 6.45) is 3.90. The molecule has 1 aromatic heterocycles. The highest BCUT2D eigenvalue weighted by molar-refractivity contribution is 14.1. The topological polar surface area (TPSA) is 53.5 Å². The van der Waals surface area contributed by atoms with Gasteiger partial charge in [-0.15, -0.1) is 0 Å². The van der Waals surface area contributed by atoms with Crippen LogP contribution in [-0.4, -0.2) is 46.2 Å². The molecule has 3 rings (SSSR count). The number of pyridine rings is 1. The van der Waals surface area contributed by atoms with Gasteiger partial charge in [0, 0.05) is 32.3 Å². The lowest BCUT2D eigenvalue weighted by atomic mass is 9.87. The maximum absolute atomic E-state index is 13.2. The highest BCUT2D eigenvalue weighted by atomic mass is 127. The third-order valence-electron chi connectivity index (χ3n) is 4.86. The number of piperazine rings is 1. The van der Waals surface area contributed by atoms with Gasteiger partial charge in [-0.2, -0.15) is 0 Å². The molecule has 1 atom stereocenters. The summed E-state index contributed by atoms with van der Waals surface area (Å²) in [7, 11) is 3.35. The lowest BCUT2D eigenvalue weighted by Gasteiger charge is -2.45. The van der Waals surface area contributed by atoms with Crippen molar-refractivity contribution in [3.8, 4) is 0 Å². The zero-order valence-corrected chi connectivity index (χ0v) is 17.1. The Balaban J connectivity index is 1.98. The molecule has 0 saturated carbocycles. The fraction of sp³-hybridized carbons (Fsp3) is 0.250. The fourth-order valence-corrected chi connectivity index (χ4v) is 3.65. The zero-order valence-electron chi connectivity index (χ0n) is 14.9. The Bertz CT molecular complexity index is 882. The highest BCUT2D eigenvalue weighted by Gasteiger charge is 2.48. The van der Waals surface area contributed by atoms with E-state index in [1.807, 2.05) is 49.4 Å². The predicted molar refractivity (Wildman–Crippen MR) is 109 cm³/mol. The van der Waals surface area contributed by atoms with Crippen molar-refractivity contribution >= 4 is 40.5 Å². The molecule has 134 valence electrons. The molecule has 1 saturated heterocycles. The van der Waals surface area contributed by atoms with Gasteiger partial charge in [-0.1, -0.05) is 36.4 Å². The quantitative estimate of drug-likeness (QED) is 0.402. The third-order valence-corrected chi connectivity index (χ3v) is 5.76. The number of rotatable bonds is 3. The molecular weight excluding hydrogens is 441 g/mol. The Morgan fingerprint density at radius 3 is 2.46 bits per heavy atom. The van der Waals surface area contributed by atoms with Gasteiger partial charge in [-0.3, -0.25) is 9.59 Å². The number of hydrogen-bond acceptors (Lipinski definition) is 3. The van der Waals surface area contributed by atoms with E-state index in [9.17, 15) is 9.59 Å². The maximum Gasteiger partial charge on any atom is 0.271 e. The summed E-state index contributed by atoms with van der Waals surface area (Å²) in [5.74, 6) is -0.279. The first-order chi connectivity index (χ1) is 12.3. The van der Waals surface area contributed by atoms with Crippen LogP contribution in [0.1, 0.15) is 18.1 Å². The number of aromatic nitrogens is 1. The molecule has 2 aromatic rings. The number of likely N-dealkylation sites (N-methyl/N-ethyl adjacent to an activating group) is 2. The molecule has 0 radical (unpaired) electrons. The Morgan fingerprint density at radius 2 is 1.81 bits per heavy atom. The Kier molecular flexibility index (Phi) is 5.13. The van der Waals surface area contributed by atoms with Crippen LogP contribution < -0.4 is 0 Å². The van der Waals surface area contributed by atoms with Crippen molar-refractivity contribution in [3.63, 3.8) is 0 Å². The molecule has 0 spiro atoms. The van der Waals surface area contributed by atoms with Gasteiger partial charge in [0.05, 0.1) is 0 Å². The first-order valence-corrected chi connectivity index (χ1v) is 9.35. The van der Waals surface area contributed by atoms with Gasteiger partial charge in [0.25, 0.3) is 11.8 Å². The summed E-state index contributed by atoms with van der Waals surface area (Å²) >= 11 is 2.12. The lowest BCUT2D eigenvalue weighted by Crippen LogP contribution is -2.64. The van der Waals surface area contributed by atoms with Crippen molar-refractivity contribution in [1.29, 1.82) is 0 Å². The van der Waals surface area contributed by atoms with E-state index in [0.717, 1.165) is 14.8 Å². The van der Waals surface area contributed by atoms with Gasteiger partial charge in [0.1, 0.15) is 14.9 Å². The molecule has 2 heterocycles. The van der Waals surface area contributed by atoms with Crippen LogP contribution in [0.25, 0.3) is 6.08 Å². The highest BCUT2D eigenvalue weighted by Crippen LogP contribution is 2.31. The molecule has 2 amide bonds. The average molecular weight is 461 g/mol. The van der Waals surface area contributed by atoms with Crippen LogP contribution >= 0.6 is 22.6 Å². The molecule has 1 aromatic carbocycles. The van der Waals surface area contributed by atoms with Crippen molar-refractivity contribution < 1.29 is 9.59 Å². The molecule has 1 aliphatic rings. The van der Waals surface area contributed by atoms with Crippen molar-refractivity contribution in [2.75, 3.05) is 14.1 Å². The van der Waals surface area contributed by atoms with Crippen LogP contribution in [0.15, 0.2) is 54.4 Å². The van der Waals surface area contributed by atoms with Gasteiger partial charge >= 0.3 is 0 Å². The van der Waals surface area contributed by atoms with E-state index in [-0.39, 0.29) is 11.8 Å². The van der Waals surface area contributed by atoms with Crippen LogP contribution in [0.2, 0.25) is 0 Å². The zero-order chi connectivity index (χ0) is 18.9. The number of carbonyl (C=O) groups is 2. The van der Waals surface area contributed by atoms with Gasteiger partial charge in [0.2, 0.25) is 0 Å². The minimum absolute atomic E-state index is 0.103. The first-order valence-electron chi connectivity index (χ1n) is 8.27. The maximum atomic E-state index is 13.2. The van der Waals surface area contributed by atoms with Crippen molar-refractivity contribution in [2.45, 2.75) is 18.9 Å². The SMILES string of the molecule is CN1C(=O)C(C)(Cc2ccccc2)N(C)C(=O)C1=Cc1cccnc1I. The van der Waals surface area contributed by atoms with E-state index < -0.39 is 5.54 Å². The molecule has 6 heteroatoms. The monoisotopic (exact) mass is 461 g/mol. The van der Waals surface area contributed by atoms with E-state index in [0.29, 0.717) is 12.1 Å². The standard InChI is InChI=1S/C20H20IN3O2/c1-20(13-14-8-5-4-6-9-14)19(26)23(2)16(18(25)24(20)3)12-15-10-7-11-22-17(15)21/h4-12H,13H2,1-3H3. The van der Waals surface area contributed by atoms with Gasteiger partial charge < -0.3 is 9.80 Å². The lowest BCUT2D eigenvalue weighted by molar-refractivity contribution is -0.155.